The summed E-state index contributed by atoms with van der Waals surface area (Å²) in [5.74, 6) is -0.230. The van der Waals surface area contributed by atoms with E-state index in [4.69, 9.17) is 0 Å². The molecule has 0 saturated heterocycles. The first-order valence-corrected chi connectivity index (χ1v) is 6.73. The van der Waals surface area contributed by atoms with E-state index < -0.39 is 11.7 Å². The average molecular weight is 302 g/mol. The smallest absolute Gasteiger partial charge is 0.298 e. The third kappa shape index (κ3) is 5.28. The van der Waals surface area contributed by atoms with Crippen LogP contribution in [0, 0.1) is 11.3 Å². The van der Waals surface area contributed by atoms with Crippen molar-refractivity contribution in [1.29, 1.82) is 0 Å². The van der Waals surface area contributed by atoms with Gasteiger partial charge in [0.1, 0.15) is 0 Å². The van der Waals surface area contributed by atoms with Crippen molar-refractivity contribution in [3.8, 4) is 0 Å². The summed E-state index contributed by atoms with van der Waals surface area (Å²) < 4.78 is 38.4. The van der Waals surface area contributed by atoms with Crippen molar-refractivity contribution in [3.63, 3.8) is 0 Å². The topological polar surface area (TPSA) is 41.1 Å². The molecule has 1 rings (SSSR count). The van der Waals surface area contributed by atoms with Crippen LogP contribution < -0.4 is 10.9 Å². The quantitative estimate of drug-likeness (QED) is 0.818. The van der Waals surface area contributed by atoms with Crippen molar-refractivity contribution < 1.29 is 18.0 Å². The Kier molecular flexibility index (Phi) is 5.25. The van der Waals surface area contributed by atoms with Gasteiger partial charge in [0.2, 0.25) is 5.91 Å². The fourth-order valence-corrected chi connectivity index (χ4v) is 1.61. The molecule has 0 spiro atoms. The fourth-order valence-electron chi connectivity index (χ4n) is 1.61. The number of alkyl halides is 3. The van der Waals surface area contributed by atoms with Crippen LogP contribution in [-0.4, -0.2) is 5.91 Å². The van der Waals surface area contributed by atoms with Gasteiger partial charge in [0.05, 0.1) is 11.3 Å². The summed E-state index contributed by atoms with van der Waals surface area (Å²) in [5.41, 5.74) is 3.67. The Bertz CT molecular complexity index is 492. The van der Waals surface area contributed by atoms with Crippen LogP contribution in [0.4, 0.5) is 18.9 Å². The zero-order chi connectivity index (χ0) is 16.3. The minimum atomic E-state index is -4.47. The lowest BCUT2D eigenvalue weighted by Gasteiger charge is -2.26. The molecule has 0 bridgehead atoms. The van der Waals surface area contributed by atoms with E-state index in [1.54, 1.807) is 0 Å². The first-order valence-electron chi connectivity index (χ1n) is 6.73. The largest absolute Gasteiger partial charge is 0.418 e. The van der Waals surface area contributed by atoms with Crippen LogP contribution in [0.3, 0.4) is 0 Å². The van der Waals surface area contributed by atoms with Gasteiger partial charge in [0.15, 0.2) is 0 Å². The van der Waals surface area contributed by atoms with E-state index in [-0.39, 0.29) is 29.3 Å². The number of hydrogen-bond acceptors (Lipinski definition) is 2. The highest BCUT2D eigenvalue weighted by Crippen LogP contribution is 2.34. The molecule has 0 saturated carbocycles. The predicted octanol–water partition coefficient (Wildman–Crippen LogP) is 4.22. The number of benzene rings is 1. The number of nitrogens with one attached hydrogen (secondary N) is 2. The first-order chi connectivity index (χ1) is 9.51. The van der Waals surface area contributed by atoms with Crippen molar-refractivity contribution in [2.75, 3.05) is 5.43 Å². The van der Waals surface area contributed by atoms with E-state index in [0.717, 1.165) is 6.07 Å². The molecule has 1 aromatic rings. The van der Waals surface area contributed by atoms with Gasteiger partial charge in [-0.1, -0.05) is 39.8 Å². The summed E-state index contributed by atoms with van der Waals surface area (Å²) in [5, 5.41) is 0. The van der Waals surface area contributed by atoms with E-state index in [0.29, 0.717) is 0 Å². The highest BCUT2D eigenvalue weighted by molar-refractivity contribution is 5.78. The number of rotatable bonds is 4. The van der Waals surface area contributed by atoms with Gasteiger partial charge >= 0.3 is 6.18 Å². The monoisotopic (exact) mass is 302 g/mol. The molecule has 0 aliphatic rings. The van der Waals surface area contributed by atoms with Gasteiger partial charge < -0.3 is 0 Å². The number of amides is 1. The second-order valence-electron chi connectivity index (χ2n) is 6.19. The third-order valence-electron chi connectivity index (χ3n) is 3.54. The second kappa shape index (κ2) is 6.37. The van der Waals surface area contributed by atoms with Gasteiger partial charge in [-0.25, -0.2) is 0 Å². The average Bonchev–Trinajstić information content (AvgIpc) is 2.34. The maximum Gasteiger partial charge on any atom is 0.418 e. The van der Waals surface area contributed by atoms with Crippen LogP contribution in [0.1, 0.15) is 39.7 Å². The molecule has 1 unspecified atom stereocenters. The van der Waals surface area contributed by atoms with Gasteiger partial charge in [0.25, 0.3) is 0 Å². The zero-order valence-corrected chi connectivity index (χ0v) is 12.6. The summed E-state index contributed by atoms with van der Waals surface area (Å²) in [6.45, 7) is 7.97. The molecule has 0 heterocycles. The van der Waals surface area contributed by atoms with Gasteiger partial charge in [-0.15, -0.1) is 0 Å². The van der Waals surface area contributed by atoms with Crippen LogP contribution in [0.2, 0.25) is 0 Å². The Hall–Kier alpha value is -1.72. The van der Waals surface area contributed by atoms with Crippen molar-refractivity contribution in [2.24, 2.45) is 11.3 Å². The summed E-state index contributed by atoms with van der Waals surface area (Å²) in [6.07, 6.45) is -4.22. The molecule has 0 fully saturated rings. The molecule has 1 aromatic carbocycles. The highest BCUT2D eigenvalue weighted by atomic mass is 19.4. The molecule has 0 aliphatic carbocycles. The molecule has 0 aromatic heterocycles. The Morgan fingerprint density at radius 2 is 1.76 bits per heavy atom. The lowest BCUT2D eigenvalue weighted by molar-refractivity contribution is -0.137. The van der Waals surface area contributed by atoms with E-state index in [9.17, 15) is 18.0 Å². The van der Waals surface area contributed by atoms with Crippen molar-refractivity contribution in [3.05, 3.63) is 29.8 Å². The van der Waals surface area contributed by atoms with Crippen LogP contribution >= 0.6 is 0 Å². The van der Waals surface area contributed by atoms with Gasteiger partial charge in [-0.05, 0) is 23.5 Å². The number of hydrogen-bond donors (Lipinski definition) is 2. The molecule has 118 valence electrons. The standard InChI is InChI=1S/C15H21F3N2O/c1-10(14(2,3)4)9-13(21)20-19-12-8-6-5-7-11(12)15(16,17)18/h5-8,10,19H,9H2,1-4H3,(H,20,21). The number of carbonyl (C=O) groups is 1. The zero-order valence-electron chi connectivity index (χ0n) is 12.6. The molecule has 6 heteroatoms. The molecule has 3 nitrogen and oxygen atoms in total. The molecule has 0 aliphatic heterocycles. The van der Waals surface area contributed by atoms with Gasteiger partial charge in [-0.2, -0.15) is 13.2 Å². The SMILES string of the molecule is CC(CC(=O)NNc1ccccc1C(F)(F)F)C(C)(C)C. The normalized spacial score (nSPS) is 13.7. The number of hydrazine groups is 1. The fraction of sp³-hybridized carbons (Fsp3) is 0.533. The lowest BCUT2D eigenvalue weighted by atomic mass is 9.80. The number of carbonyl (C=O) groups excluding carboxylic acids is 1. The van der Waals surface area contributed by atoms with E-state index in [1.165, 1.54) is 18.2 Å². The Morgan fingerprint density at radius 1 is 1.19 bits per heavy atom. The molecule has 0 radical (unpaired) electrons. The van der Waals surface area contributed by atoms with E-state index in [1.807, 2.05) is 27.7 Å². The molecular weight excluding hydrogens is 281 g/mol. The summed E-state index contributed by atoms with van der Waals surface area (Å²) in [4.78, 5) is 11.8. The number of anilines is 1. The van der Waals surface area contributed by atoms with Gasteiger partial charge in [0, 0.05) is 6.42 Å². The highest BCUT2D eigenvalue weighted by Gasteiger charge is 2.33. The maximum atomic E-state index is 12.8. The first kappa shape index (κ1) is 17.3. The van der Waals surface area contributed by atoms with E-state index >= 15 is 0 Å². The molecule has 1 atom stereocenters. The Morgan fingerprint density at radius 3 is 2.29 bits per heavy atom. The van der Waals surface area contributed by atoms with Crippen molar-refractivity contribution in [1.82, 2.24) is 5.43 Å². The Balaban J connectivity index is 2.67. The van der Waals surface area contributed by atoms with Crippen LogP contribution in [0.15, 0.2) is 24.3 Å². The molecule has 21 heavy (non-hydrogen) atoms. The summed E-state index contributed by atoms with van der Waals surface area (Å²) in [6, 6.07) is 5.02. The second-order valence-corrected chi connectivity index (χ2v) is 6.19. The van der Waals surface area contributed by atoms with E-state index in [2.05, 4.69) is 10.9 Å². The van der Waals surface area contributed by atoms with Gasteiger partial charge in [-0.3, -0.25) is 15.6 Å². The molecule has 1 amide bonds. The lowest BCUT2D eigenvalue weighted by Crippen LogP contribution is -2.33. The Labute approximate surface area is 122 Å². The number of halogens is 3. The van der Waals surface area contributed by atoms with Crippen LogP contribution in [-0.2, 0) is 11.0 Å². The summed E-state index contributed by atoms with van der Waals surface area (Å²) >= 11 is 0. The number of para-hydroxylation sites is 1. The minimum Gasteiger partial charge on any atom is -0.298 e. The molecule has 2 N–H and O–H groups in total. The summed E-state index contributed by atoms with van der Waals surface area (Å²) in [7, 11) is 0. The maximum absolute atomic E-state index is 12.8. The van der Waals surface area contributed by atoms with Crippen LogP contribution in [0.25, 0.3) is 0 Å². The van der Waals surface area contributed by atoms with Crippen LogP contribution in [0.5, 0.6) is 0 Å². The third-order valence-corrected chi connectivity index (χ3v) is 3.54. The van der Waals surface area contributed by atoms with Crippen molar-refractivity contribution >= 4 is 11.6 Å². The van der Waals surface area contributed by atoms with Crippen molar-refractivity contribution in [2.45, 2.75) is 40.3 Å². The molecular formula is C15H21F3N2O. The predicted molar refractivity (Wildman–Crippen MR) is 76.4 cm³/mol. The minimum absolute atomic E-state index is 0.0405.